The minimum Gasteiger partial charge on any atom is -0.294 e. The molecule has 0 aromatic heterocycles. The fraction of sp³-hybridized carbons (Fsp3) is 0.231. The molecule has 0 spiro atoms. The molecule has 0 bridgehead atoms. The summed E-state index contributed by atoms with van der Waals surface area (Å²) >= 11 is 0. The van der Waals surface area contributed by atoms with Crippen LogP contribution in [0.5, 0.6) is 0 Å². The Hall–Kier alpha value is -1.95. The lowest BCUT2D eigenvalue weighted by Gasteiger charge is -2.06. The predicted molar refractivity (Wildman–Crippen MR) is 71.0 cm³/mol. The predicted octanol–water partition coefficient (Wildman–Crippen LogP) is 1.20. The van der Waals surface area contributed by atoms with Gasteiger partial charge in [-0.15, -0.1) is 0 Å². The Balaban J connectivity index is 2.91. The average Bonchev–Trinajstić information content (AvgIpc) is 2.27. The smallest absolute Gasteiger partial charge is 0.264 e. The molecule has 1 aromatic rings. The van der Waals surface area contributed by atoms with Crippen molar-refractivity contribution in [2.75, 3.05) is 0 Å². The molecule has 5 nitrogen and oxygen atoms in total. The number of allylic oxidation sites excluding steroid dienone is 1. The first-order valence-electron chi connectivity index (χ1n) is 5.53. The topological polar surface area (TPSA) is 80.3 Å². The second-order valence-corrected chi connectivity index (χ2v) is 5.87. The summed E-state index contributed by atoms with van der Waals surface area (Å²) in [6, 6.07) is 5.78. The fourth-order valence-electron chi connectivity index (χ4n) is 1.37. The first-order valence-corrected chi connectivity index (χ1v) is 7.02. The summed E-state index contributed by atoms with van der Waals surface area (Å²) in [4.78, 5) is 22.2. The standard InChI is InChI=1S/C13H15NO4S/c1-9(2)13(16)8-11-4-6-12(7-5-11)19(17,18)14-10(3)15/h4-7H,1,8H2,2-3H3,(H,14,15). The van der Waals surface area contributed by atoms with E-state index in [1.165, 1.54) is 24.3 Å². The number of hydrogen-bond donors (Lipinski definition) is 1. The van der Waals surface area contributed by atoms with Crippen LogP contribution in [0.15, 0.2) is 41.3 Å². The van der Waals surface area contributed by atoms with Crippen LogP contribution in [0.4, 0.5) is 0 Å². The Kier molecular flexibility index (Phi) is 4.61. The molecule has 0 saturated carbocycles. The highest BCUT2D eigenvalue weighted by Crippen LogP contribution is 2.12. The molecule has 0 fully saturated rings. The van der Waals surface area contributed by atoms with E-state index in [0.29, 0.717) is 11.1 Å². The highest BCUT2D eigenvalue weighted by Gasteiger charge is 2.15. The van der Waals surface area contributed by atoms with E-state index < -0.39 is 15.9 Å². The first kappa shape index (κ1) is 15.1. The molecule has 6 heteroatoms. The number of amides is 1. The van der Waals surface area contributed by atoms with Crippen LogP contribution in [0, 0.1) is 0 Å². The molecule has 1 aromatic carbocycles. The Morgan fingerprint density at radius 3 is 2.11 bits per heavy atom. The molecule has 1 amide bonds. The summed E-state index contributed by atoms with van der Waals surface area (Å²) in [7, 11) is -3.82. The average molecular weight is 281 g/mol. The van der Waals surface area contributed by atoms with E-state index in [1.54, 1.807) is 6.92 Å². The molecule has 19 heavy (non-hydrogen) atoms. The van der Waals surface area contributed by atoms with Crippen molar-refractivity contribution in [3.8, 4) is 0 Å². The van der Waals surface area contributed by atoms with E-state index in [4.69, 9.17) is 0 Å². The monoisotopic (exact) mass is 281 g/mol. The van der Waals surface area contributed by atoms with Gasteiger partial charge in [0.25, 0.3) is 10.0 Å². The fourth-order valence-corrected chi connectivity index (χ4v) is 2.36. The second kappa shape index (κ2) is 5.79. The van der Waals surface area contributed by atoms with Crippen molar-refractivity contribution in [3.05, 3.63) is 42.0 Å². The number of carbonyl (C=O) groups is 2. The maximum absolute atomic E-state index is 11.7. The van der Waals surface area contributed by atoms with Crippen LogP contribution >= 0.6 is 0 Å². The zero-order chi connectivity index (χ0) is 14.6. The minimum absolute atomic E-state index is 0.0192. The van der Waals surface area contributed by atoms with Gasteiger partial charge in [0.1, 0.15) is 0 Å². The highest BCUT2D eigenvalue weighted by molar-refractivity contribution is 7.90. The highest BCUT2D eigenvalue weighted by atomic mass is 32.2. The molecule has 0 saturated heterocycles. The Morgan fingerprint density at radius 1 is 1.16 bits per heavy atom. The molecule has 0 aliphatic rings. The van der Waals surface area contributed by atoms with Gasteiger partial charge in [0, 0.05) is 13.3 Å². The molecule has 0 atom stereocenters. The van der Waals surface area contributed by atoms with Crippen LogP contribution in [0.3, 0.4) is 0 Å². The molecule has 0 aliphatic carbocycles. The van der Waals surface area contributed by atoms with Crippen molar-refractivity contribution in [1.82, 2.24) is 4.72 Å². The lowest BCUT2D eigenvalue weighted by Crippen LogP contribution is -2.28. The third kappa shape index (κ3) is 4.33. The summed E-state index contributed by atoms with van der Waals surface area (Å²) in [5, 5.41) is 0. The molecule has 0 aliphatic heterocycles. The van der Waals surface area contributed by atoms with E-state index in [1.807, 2.05) is 4.72 Å². The lowest BCUT2D eigenvalue weighted by atomic mass is 10.1. The van der Waals surface area contributed by atoms with Gasteiger partial charge in [0.2, 0.25) is 5.91 Å². The van der Waals surface area contributed by atoms with Gasteiger partial charge in [0.05, 0.1) is 4.90 Å². The number of hydrogen-bond acceptors (Lipinski definition) is 4. The van der Waals surface area contributed by atoms with Crippen LogP contribution in [-0.2, 0) is 26.0 Å². The second-order valence-electron chi connectivity index (χ2n) is 4.19. The summed E-state index contributed by atoms with van der Waals surface area (Å²) in [6.07, 6.45) is 0.176. The van der Waals surface area contributed by atoms with Crippen LogP contribution < -0.4 is 4.72 Å². The van der Waals surface area contributed by atoms with Gasteiger partial charge >= 0.3 is 0 Å². The lowest BCUT2D eigenvalue weighted by molar-refractivity contribution is -0.117. The van der Waals surface area contributed by atoms with Crippen LogP contribution in [0.2, 0.25) is 0 Å². The van der Waals surface area contributed by atoms with E-state index in [0.717, 1.165) is 6.92 Å². The molecule has 102 valence electrons. The first-order chi connectivity index (χ1) is 8.72. The molecular formula is C13H15NO4S. The summed E-state index contributed by atoms with van der Waals surface area (Å²) in [5.74, 6) is -0.751. The SMILES string of the molecule is C=C(C)C(=O)Cc1ccc(S(=O)(=O)NC(C)=O)cc1. The summed E-state index contributed by atoms with van der Waals surface area (Å²) < 4.78 is 25.2. The van der Waals surface area contributed by atoms with E-state index in [-0.39, 0.29) is 17.1 Å². The van der Waals surface area contributed by atoms with Crippen molar-refractivity contribution in [2.24, 2.45) is 0 Å². The Bertz CT molecular complexity index is 615. The number of sulfonamides is 1. The molecular weight excluding hydrogens is 266 g/mol. The number of nitrogens with one attached hydrogen (secondary N) is 1. The van der Waals surface area contributed by atoms with Crippen molar-refractivity contribution < 1.29 is 18.0 Å². The van der Waals surface area contributed by atoms with Gasteiger partial charge < -0.3 is 0 Å². The van der Waals surface area contributed by atoms with Crippen molar-refractivity contribution in [1.29, 1.82) is 0 Å². The minimum atomic E-state index is -3.82. The normalized spacial score (nSPS) is 10.8. The van der Waals surface area contributed by atoms with Gasteiger partial charge in [-0.2, -0.15) is 0 Å². The van der Waals surface area contributed by atoms with Crippen LogP contribution in [0.1, 0.15) is 19.4 Å². The zero-order valence-electron chi connectivity index (χ0n) is 10.8. The molecule has 0 unspecified atom stereocenters. The molecule has 1 N–H and O–H groups in total. The number of benzene rings is 1. The summed E-state index contributed by atoms with van der Waals surface area (Å²) in [5.41, 5.74) is 1.14. The zero-order valence-corrected chi connectivity index (χ0v) is 11.6. The van der Waals surface area contributed by atoms with E-state index >= 15 is 0 Å². The van der Waals surface area contributed by atoms with Gasteiger partial charge in [0.15, 0.2) is 5.78 Å². The largest absolute Gasteiger partial charge is 0.294 e. The summed E-state index contributed by atoms with van der Waals surface area (Å²) in [6.45, 7) is 6.29. The molecule has 1 rings (SSSR count). The maximum atomic E-state index is 11.7. The molecule has 0 radical (unpaired) electrons. The van der Waals surface area contributed by atoms with Crippen molar-refractivity contribution >= 4 is 21.7 Å². The van der Waals surface area contributed by atoms with E-state index in [2.05, 4.69) is 6.58 Å². The van der Waals surface area contributed by atoms with Gasteiger partial charge in [-0.05, 0) is 30.2 Å². The van der Waals surface area contributed by atoms with Gasteiger partial charge in [-0.1, -0.05) is 18.7 Å². The Labute approximate surface area is 112 Å². The van der Waals surface area contributed by atoms with Crippen LogP contribution in [-0.4, -0.2) is 20.1 Å². The van der Waals surface area contributed by atoms with E-state index in [9.17, 15) is 18.0 Å². The van der Waals surface area contributed by atoms with Crippen molar-refractivity contribution in [2.45, 2.75) is 25.2 Å². The molecule has 0 heterocycles. The quantitative estimate of drug-likeness (QED) is 0.822. The number of carbonyl (C=O) groups excluding carboxylic acids is 2. The number of rotatable bonds is 5. The Morgan fingerprint density at radius 2 is 1.68 bits per heavy atom. The maximum Gasteiger partial charge on any atom is 0.264 e. The third-order valence-electron chi connectivity index (χ3n) is 2.35. The number of Topliss-reactive ketones (excluding diaryl/α,β-unsaturated/α-hetero) is 1. The number of ketones is 1. The van der Waals surface area contributed by atoms with Gasteiger partial charge in [-0.25, -0.2) is 13.1 Å². The van der Waals surface area contributed by atoms with Crippen molar-refractivity contribution in [3.63, 3.8) is 0 Å². The van der Waals surface area contributed by atoms with Gasteiger partial charge in [-0.3, -0.25) is 9.59 Å². The van der Waals surface area contributed by atoms with Crippen LogP contribution in [0.25, 0.3) is 0 Å². The third-order valence-corrected chi connectivity index (χ3v) is 3.80.